The van der Waals surface area contributed by atoms with Crippen molar-refractivity contribution in [2.75, 3.05) is 18.0 Å². The summed E-state index contributed by atoms with van der Waals surface area (Å²) in [4.78, 5) is 24.0. The topological polar surface area (TPSA) is 89.5 Å². The fourth-order valence-corrected chi connectivity index (χ4v) is 2.87. The average Bonchev–Trinajstić information content (AvgIpc) is 2.37. The lowest BCUT2D eigenvalue weighted by Gasteiger charge is -2.33. The lowest BCUT2D eigenvalue weighted by molar-refractivity contribution is -0.384. The Morgan fingerprint density at radius 1 is 1.55 bits per heavy atom. The van der Waals surface area contributed by atoms with Gasteiger partial charge in [-0.05, 0) is 31.7 Å². The average molecular weight is 277 g/mol. The van der Waals surface area contributed by atoms with Gasteiger partial charge in [-0.25, -0.2) is 0 Å². The number of hydrogen-bond acceptors (Lipinski definition) is 4. The van der Waals surface area contributed by atoms with Gasteiger partial charge in [-0.1, -0.05) is 12.1 Å². The van der Waals surface area contributed by atoms with Crippen molar-refractivity contribution in [1.82, 2.24) is 0 Å². The van der Waals surface area contributed by atoms with Crippen LogP contribution in [0.2, 0.25) is 0 Å². The molecule has 1 heterocycles. The van der Waals surface area contributed by atoms with Crippen molar-refractivity contribution in [2.24, 2.45) is 11.7 Å². The zero-order valence-electron chi connectivity index (χ0n) is 11.5. The number of nitrogens with zero attached hydrogens (tertiary/aromatic N) is 2. The fraction of sp³-hybridized carbons (Fsp3) is 0.500. The van der Waals surface area contributed by atoms with Crippen LogP contribution in [0.3, 0.4) is 0 Å². The Morgan fingerprint density at radius 3 is 2.95 bits per heavy atom. The number of nitro benzene ring substituents is 1. The van der Waals surface area contributed by atoms with Gasteiger partial charge < -0.3 is 10.6 Å². The Kier molecular flexibility index (Phi) is 4.22. The first kappa shape index (κ1) is 14.3. The van der Waals surface area contributed by atoms with Gasteiger partial charge in [0.05, 0.1) is 4.92 Å². The highest BCUT2D eigenvalue weighted by atomic mass is 16.6. The summed E-state index contributed by atoms with van der Waals surface area (Å²) in [6, 6.07) is 5.35. The number of para-hydroxylation sites is 1. The van der Waals surface area contributed by atoms with E-state index in [1.807, 2.05) is 11.0 Å². The maximum atomic E-state index is 11.2. The van der Waals surface area contributed by atoms with Crippen molar-refractivity contribution in [1.29, 1.82) is 0 Å². The number of benzene rings is 1. The largest absolute Gasteiger partial charge is 0.370 e. The van der Waals surface area contributed by atoms with Crippen molar-refractivity contribution >= 4 is 17.3 Å². The van der Waals surface area contributed by atoms with E-state index in [-0.39, 0.29) is 22.4 Å². The highest BCUT2D eigenvalue weighted by Gasteiger charge is 2.27. The van der Waals surface area contributed by atoms with Crippen LogP contribution in [0, 0.1) is 23.0 Å². The second kappa shape index (κ2) is 5.90. The summed E-state index contributed by atoms with van der Waals surface area (Å²) in [5.74, 6) is -0.128. The Labute approximate surface area is 117 Å². The van der Waals surface area contributed by atoms with Gasteiger partial charge in [-0.15, -0.1) is 0 Å². The van der Waals surface area contributed by atoms with Crippen LogP contribution in [0.5, 0.6) is 0 Å². The number of amides is 1. The number of carbonyl (C=O) groups excluding carboxylic acids is 1. The van der Waals surface area contributed by atoms with E-state index in [0.29, 0.717) is 24.2 Å². The number of hydrogen-bond donors (Lipinski definition) is 1. The molecule has 0 aliphatic carbocycles. The van der Waals surface area contributed by atoms with Gasteiger partial charge in [-0.2, -0.15) is 0 Å². The highest BCUT2D eigenvalue weighted by Crippen LogP contribution is 2.34. The Balaban J connectivity index is 2.25. The Morgan fingerprint density at radius 2 is 2.30 bits per heavy atom. The van der Waals surface area contributed by atoms with E-state index in [1.54, 1.807) is 19.1 Å². The second-order valence-corrected chi connectivity index (χ2v) is 5.32. The number of anilines is 1. The summed E-state index contributed by atoms with van der Waals surface area (Å²) in [6.07, 6.45) is 2.21. The van der Waals surface area contributed by atoms with E-state index in [4.69, 9.17) is 5.73 Å². The van der Waals surface area contributed by atoms with Crippen LogP contribution in [-0.2, 0) is 4.79 Å². The van der Waals surface area contributed by atoms with E-state index >= 15 is 0 Å². The van der Waals surface area contributed by atoms with Gasteiger partial charge in [0.1, 0.15) is 5.69 Å². The van der Waals surface area contributed by atoms with Crippen LogP contribution in [0.1, 0.15) is 24.8 Å². The summed E-state index contributed by atoms with van der Waals surface area (Å²) in [5, 5.41) is 11.2. The van der Waals surface area contributed by atoms with Gasteiger partial charge in [0, 0.05) is 25.1 Å². The molecule has 0 spiro atoms. The molecule has 1 aromatic rings. The van der Waals surface area contributed by atoms with Crippen LogP contribution in [0.4, 0.5) is 11.4 Å². The third-order valence-corrected chi connectivity index (χ3v) is 3.75. The normalized spacial score (nSPS) is 18.9. The van der Waals surface area contributed by atoms with E-state index in [0.717, 1.165) is 19.4 Å². The van der Waals surface area contributed by atoms with Crippen LogP contribution < -0.4 is 10.6 Å². The standard InChI is InChI=1S/C14H19N3O3/c1-10-4-2-6-12(14(10)17(19)20)16-7-3-5-11(9-16)8-13(15)18/h2,4,6,11H,3,5,7-9H2,1H3,(H2,15,18). The minimum Gasteiger partial charge on any atom is -0.370 e. The molecule has 2 N–H and O–H groups in total. The van der Waals surface area contributed by atoms with Crippen LogP contribution in [0.15, 0.2) is 18.2 Å². The molecule has 1 aliphatic rings. The third-order valence-electron chi connectivity index (χ3n) is 3.75. The van der Waals surface area contributed by atoms with E-state index in [2.05, 4.69) is 0 Å². The molecule has 0 bridgehead atoms. The first-order valence-electron chi connectivity index (χ1n) is 6.76. The summed E-state index contributed by atoms with van der Waals surface area (Å²) >= 11 is 0. The zero-order valence-corrected chi connectivity index (χ0v) is 11.5. The minimum atomic E-state index is -0.331. The SMILES string of the molecule is Cc1cccc(N2CCCC(CC(N)=O)C2)c1[N+](=O)[O-]. The molecule has 0 aromatic heterocycles. The molecule has 1 atom stereocenters. The summed E-state index contributed by atoms with van der Waals surface area (Å²) in [5.41, 5.74) is 6.70. The second-order valence-electron chi connectivity index (χ2n) is 5.32. The molecule has 6 heteroatoms. The number of rotatable bonds is 4. The van der Waals surface area contributed by atoms with Gasteiger partial charge in [0.15, 0.2) is 0 Å². The summed E-state index contributed by atoms with van der Waals surface area (Å²) < 4.78 is 0. The molecule has 108 valence electrons. The molecule has 1 aromatic carbocycles. The molecule has 1 amide bonds. The third kappa shape index (κ3) is 3.07. The molecule has 2 rings (SSSR count). The van der Waals surface area contributed by atoms with Crippen LogP contribution in [0.25, 0.3) is 0 Å². The molecule has 0 saturated carbocycles. The zero-order chi connectivity index (χ0) is 14.7. The molecule has 6 nitrogen and oxygen atoms in total. The molecular formula is C14H19N3O3. The van der Waals surface area contributed by atoms with Gasteiger partial charge in [-0.3, -0.25) is 14.9 Å². The smallest absolute Gasteiger partial charge is 0.295 e. The molecule has 1 saturated heterocycles. The number of nitrogens with two attached hydrogens (primary N) is 1. The van der Waals surface area contributed by atoms with Crippen molar-refractivity contribution in [3.05, 3.63) is 33.9 Å². The van der Waals surface area contributed by atoms with Crippen molar-refractivity contribution < 1.29 is 9.72 Å². The predicted octanol–water partition coefficient (Wildman–Crippen LogP) is 2.00. The van der Waals surface area contributed by atoms with Crippen LogP contribution in [-0.4, -0.2) is 23.9 Å². The number of primary amides is 1. The number of aryl methyl sites for hydroxylation is 1. The first-order valence-corrected chi connectivity index (χ1v) is 6.76. The summed E-state index contributed by atoms with van der Waals surface area (Å²) in [6.45, 7) is 3.17. The fourth-order valence-electron chi connectivity index (χ4n) is 2.87. The monoisotopic (exact) mass is 277 g/mol. The molecule has 1 fully saturated rings. The lowest BCUT2D eigenvalue weighted by atomic mass is 9.94. The molecule has 1 unspecified atom stereocenters. The van der Waals surface area contributed by atoms with Crippen molar-refractivity contribution in [3.63, 3.8) is 0 Å². The Hall–Kier alpha value is -2.11. The highest BCUT2D eigenvalue weighted by molar-refractivity contribution is 5.74. The molecule has 1 aliphatic heterocycles. The lowest BCUT2D eigenvalue weighted by Crippen LogP contribution is -2.37. The van der Waals surface area contributed by atoms with Crippen molar-refractivity contribution in [2.45, 2.75) is 26.2 Å². The van der Waals surface area contributed by atoms with E-state index in [9.17, 15) is 14.9 Å². The van der Waals surface area contributed by atoms with Gasteiger partial charge >= 0.3 is 0 Å². The molecule has 0 radical (unpaired) electrons. The maximum Gasteiger partial charge on any atom is 0.295 e. The molecular weight excluding hydrogens is 258 g/mol. The van der Waals surface area contributed by atoms with Gasteiger partial charge in [0.25, 0.3) is 5.69 Å². The van der Waals surface area contributed by atoms with Crippen molar-refractivity contribution in [3.8, 4) is 0 Å². The van der Waals surface area contributed by atoms with E-state index in [1.165, 1.54) is 0 Å². The first-order chi connectivity index (χ1) is 9.49. The number of carbonyl (C=O) groups is 1. The maximum absolute atomic E-state index is 11.2. The molecule has 20 heavy (non-hydrogen) atoms. The van der Waals surface area contributed by atoms with Crippen LogP contribution >= 0.6 is 0 Å². The summed E-state index contributed by atoms with van der Waals surface area (Å²) in [7, 11) is 0. The minimum absolute atomic E-state index is 0.159. The number of nitro groups is 1. The van der Waals surface area contributed by atoms with E-state index < -0.39 is 0 Å². The predicted molar refractivity (Wildman–Crippen MR) is 76.6 cm³/mol. The quantitative estimate of drug-likeness (QED) is 0.673. The Bertz CT molecular complexity index is 530. The number of piperidine rings is 1. The van der Waals surface area contributed by atoms with Gasteiger partial charge in [0.2, 0.25) is 5.91 Å².